The maximum Gasteiger partial charge on any atom is 0.178 e. The molecule has 0 heterocycles. The number of hydrogen-bond donors (Lipinski definition) is 1. The van der Waals surface area contributed by atoms with Crippen LogP contribution in [0.25, 0.3) is 0 Å². The van der Waals surface area contributed by atoms with E-state index >= 15 is 0 Å². The summed E-state index contributed by atoms with van der Waals surface area (Å²) in [4.78, 5) is 0.191. The van der Waals surface area contributed by atoms with Crippen LogP contribution in [-0.2, 0) is 9.84 Å². The maximum absolute atomic E-state index is 12.7. The van der Waals surface area contributed by atoms with E-state index in [9.17, 15) is 12.8 Å². The molecule has 3 nitrogen and oxygen atoms in total. The molecule has 0 radical (unpaired) electrons. The van der Waals surface area contributed by atoms with Crippen LogP contribution in [-0.4, -0.2) is 27.3 Å². The summed E-state index contributed by atoms with van der Waals surface area (Å²) >= 11 is 0. The van der Waals surface area contributed by atoms with Crippen LogP contribution in [0.4, 0.5) is 4.39 Å². The number of hydrogen-bond acceptors (Lipinski definition) is 3. The van der Waals surface area contributed by atoms with E-state index in [1.54, 1.807) is 0 Å². The Morgan fingerprint density at radius 2 is 1.88 bits per heavy atom. The number of nitrogens with one attached hydrogen (secondary N) is 1. The van der Waals surface area contributed by atoms with Crippen LogP contribution in [0.3, 0.4) is 0 Å². The highest BCUT2D eigenvalue weighted by Crippen LogP contribution is 2.13. The summed E-state index contributed by atoms with van der Waals surface area (Å²) in [5, 5.41) is 3.05. The molecule has 0 spiro atoms. The van der Waals surface area contributed by atoms with Crippen molar-refractivity contribution < 1.29 is 12.8 Å². The molecule has 0 aliphatic rings. The molecule has 0 saturated heterocycles. The lowest BCUT2D eigenvalue weighted by Gasteiger charge is -2.09. The molecule has 0 aromatic heterocycles. The zero-order chi connectivity index (χ0) is 12.9. The zero-order valence-corrected chi connectivity index (χ0v) is 10.9. The summed E-state index contributed by atoms with van der Waals surface area (Å²) in [7, 11) is -1.43. The van der Waals surface area contributed by atoms with Crippen LogP contribution in [0, 0.1) is 5.82 Å². The summed E-state index contributed by atoms with van der Waals surface area (Å²) in [6, 6.07) is 5.27. The van der Waals surface area contributed by atoms with Gasteiger partial charge in [0.05, 0.1) is 10.6 Å². The van der Waals surface area contributed by atoms with Crippen LogP contribution in [0.15, 0.2) is 29.2 Å². The number of halogens is 1. The lowest BCUT2D eigenvalue weighted by atomic mass is 10.2. The van der Waals surface area contributed by atoms with E-state index in [-0.39, 0.29) is 10.6 Å². The fourth-order valence-electron chi connectivity index (χ4n) is 1.48. The van der Waals surface area contributed by atoms with E-state index < -0.39 is 15.7 Å². The minimum atomic E-state index is -3.28. The normalized spacial score (nSPS) is 13.6. The molecule has 1 aromatic carbocycles. The Morgan fingerprint density at radius 1 is 1.29 bits per heavy atom. The van der Waals surface area contributed by atoms with E-state index in [1.807, 2.05) is 14.0 Å². The van der Waals surface area contributed by atoms with Gasteiger partial charge in [-0.2, -0.15) is 0 Å². The van der Waals surface area contributed by atoms with Crippen molar-refractivity contribution in [2.75, 3.05) is 12.8 Å². The molecule has 0 aliphatic carbocycles. The second-order valence-electron chi connectivity index (χ2n) is 4.10. The lowest BCUT2D eigenvalue weighted by molar-refractivity contribution is 0.548. The predicted molar refractivity (Wildman–Crippen MR) is 66.2 cm³/mol. The average molecular weight is 259 g/mol. The van der Waals surface area contributed by atoms with Gasteiger partial charge in [-0.1, -0.05) is 0 Å². The average Bonchev–Trinajstić information content (AvgIpc) is 2.29. The summed E-state index contributed by atoms with van der Waals surface area (Å²) in [5.74, 6) is -0.322. The summed E-state index contributed by atoms with van der Waals surface area (Å²) in [6.07, 6.45) is 1.40. The van der Waals surface area contributed by atoms with Crippen molar-refractivity contribution in [2.24, 2.45) is 0 Å². The van der Waals surface area contributed by atoms with Crippen LogP contribution in [0.5, 0.6) is 0 Å². The van der Waals surface area contributed by atoms with Gasteiger partial charge < -0.3 is 5.32 Å². The lowest BCUT2D eigenvalue weighted by Crippen LogP contribution is -2.22. The third-order valence-electron chi connectivity index (χ3n) is 2.72. The Labute approximate surface area is 102 Å². The molecule has 17 heavy (non-hydrogen) atoms. The highest BCUT2D eigenvalue weighted by Gasteiger charge is 2.14. The smallest absolute Gasteiger partial charge is 0.178 e. The zero-order valence-electron chi connectivity index (χ0n) is 10.1. The van der Waals surface area contributed by atoms with Gasteiger partial charge >= 0.3 is 0 Å². The highest BCUT2D eigenvalue weighted by molar-refractivity contribution is 7.91. The number of rotatable bonds is 6. The van der Waals surface area contributed by atoms with Crippen LogP contribution in [0.2, 0.25) is 0 Å². The van der Waals surface area contributed by atoms with Crippen LogP contribution < -0.4 is 5.32 Å². The van der Waals surface area contributed by atoms with Crippen molar-refractivity contribution in [1.82, 2.24) is 5.32 Å². The van der Waals surface area contributed by atoms with Gasteiger partial charge in [0.25, 0.3) is 0 Å². The molecule has 0 saturated carbocycles. The fourth-order valence-corrected chi connectivity index (χ4v) is 2.82. The van der Waals surface area contributed by atoms with Crippen molar-refractivity contribution in [2.45, 2.75) is 30.7 Å². The van der Waals surface area contributed by atoms with E-state index in [2.05, 4.69) is 5.32 Å². The van der Waals surface area contributed by atoms with E-state index in [0.717, 1.165) is 6.42 Å². The van der Waals surface area contributed by atoms with Crippen molar-refractivity contribution in [1.29, 1.82) is 0 Å². The monoisotopic (exact) mass is 259 g/mol. The first-order valence-electron chi connectivity index (χ1n) is 5.61. The first-order valence-corrected chi connectivity index (χ1v) is 7.26. The van der Waals surface area contributed by atoms with Crippen LogP contribution in [0.1, 0.15) is 19.8 Å². The van der Waals surface area contributed by atoms with Gasteiger partial charge in [-0.05, 0) is 51.1 Å². The molecule has 1 aromatic rings. The second-order valence-corrected chi connectivity index (χ2v) is 6.21. The molecule has 5 heteroatoms. The molecular formula is C12H18FNO2S. The molecule has 0 amide bonds. The Hall–Kier alpha value is -0.940. The van der Waals surface area contributed by atoms with Gasteiger partial charge in [0.1, 0.15) is 5.82 Å². The van der Waals surface area contributed by atoms with Crippen molar-refractivity contribution in [3.05, 3.63) is 30.1 Å². The minimum absolute atomic E-state index is 0.102. The summed E-state index contributed by atoms with van der Waals surface area (Å²) in [6.45, 7) is 2.00. The van der Waals surface area contributed by atoms with Crippen molar-refractivity contribution in [3.8, 4) is 0 Å². The van der Waals surface area contributed by atoms with Crippen molar-refractivity contribution in [3.63, 3.8) is 0 Å². The molecule has 1 atom stereocenters. The Bertz CT molecular complexity index is 442. The van der Waals surface area contributed by atoms with E-state index in [1.165, 1.54) is 24.3 Å². The quantitative estimate of drug-likeness (QED) is 0.795. The first kappa shape index (κ1) is 14.1. The van der Waals surface area contributed by atoms with Gasteiger partial charge in [0.15, 0.2) is 9.84 Å². The van der Waals surface area contributed by atoms with E-state index in [0.29, 0.717) is 12.5 Å². The molecule has 0 fully saturated rings. The standard InChI is InChI=1S/C12H18FNO2S/c1-10(14-2)4-3-9-17(15,16)12-7-5-11(13)6-8-12/h5-8,10,14H,3-4,9H2,1-2H3. The molecule has 1 N–H and O–H groups in total. The van der Waals surface area contributed by atoms with Gasteiger partial charge in [-0.25, -0.2) is 12.8 Å². The van der Waals surface area contributed by atoms with Gasteiger partial charge in [-0.3, -0.25) is 0 Å². The molecule has 96 valence electrons. The van der Waals surface area contributed by atoms with E-state index in [4.69, 9.17) is 0 Å². The van der Waals surface area contributed by atoms with Crippen molar-refractivity contribution >= 4 is 9.84 Å². The SMILES string of the molecule is CNC(C)CCCS(=O)(=O)c1ccc(F)cc1. The summed E-state index contributed by atoms with van der Waals surface area (Å²) < 4.78 is 36.4. The van der Waals surface area contributed by atoms with Crippen LogP contribution >= 0.6 is 0 Å². The maximum atomic E-state index is 12.7. The third kappa shape index (κ3) is 4.44. The molecule has 1 unspecified atom stereocenters. The van der Waals surface area contributed by atoms with Gasteiger partial charge in [0.2, 0.25) is 0 Å². The Kier molecular flexibility index (Phi) is 5.08. The molecule has 0 aliphatic heterocycles. The molecule has 0 bridgehead atoms. The fraction of sp³-hybridized carbons (Fsp3) is 0.500. The van der Waals surface area contributed by atoms with Gasteiger partial charge in [0, 0.05) is 6.04 Å². The Balaban J connectivity index is 2.60. The molecule has 1 rings (SSSR count). The topological polar surface area (TPSA) is 46.2 Å². The first-order chi connectivity index (χ1) is 7.95. The highest BCUT2D eigenvalue weighted by atomic mass is 32.2. The largest absolute Gasteiger partial charge is 0.317 e. The van der Waals surface area contributed by atoms with Gasteiger partial charge in [-0.15, -0.1) is 0 Å². The minimum Gasteiger partial charge on any atom is -0.317 e. The summed E-state index contributed by atoms with van der Waals surface area (Å²) in [5.41, 5.74) is 0. The molecular weight excluding hydrogens is 241 g/mol. The third-order valence-corrected chi connectivity index (χ3v) is 4.53. The Morgan fingerprint density at radius 3 is 2.41 bits per heavy atom. The second kappa shape index (κ2) is 6.12. The predicted octanol–water partition coefficient (Wildman–Crippen LogP) is 1.99. The number of benzene rings is 1. The number of sulfone groups is 1.